The SMILES string of the molecule is CC1(C)CCCC(=NNC(N)=O)C1. The number of hydrogen-bond donors (Lipinski definition) is 2. The number of urea groups is 1. The molecule has 74 valence electrons. The number of amides is 2. The molecule has 0 aromatic heterocycles. The molecular weight excluding hydrogens is 166 g/mol. The van der Waals surface area contributed by atoms with E-state index in [1.807, 2.05) is 0 Å². The Labute approximate surface area is 78.6 Å². The summed E-state index contributed by atoms with van der Waals surface area (Å²) >= 11 is 0. The smallest absolute Gasteiger partial charge is 0.332 e. The monoisotopic (exact) mass is 183 g/mol. The highest BCUT2D eigenvalue weighted by molar-refractivity contribution is 5.86. The van der Waals surface area contributed by atoms with E-state index in [-0.39, 0.29) is 0 Å². The highest BCUT2D eigenvalue weighted by atomic mass is 16.2. The van der Waals surface area contributed by atoms with E-state index in [2.05, 4.69) is 24.4 Å². The summed E-state index contributed by atoms with van der Waals surface area (Å²) in [4.78, 5) is 10.4. The highest BCUT2D eigenvalue weighted by Gasteiger charge is 2.24. The topological polar surface area (TPSA) is 67.5 Å². The van der Waals surface area contributed by atoms with Gasteiger partial charge in [-0.2, -0.15) is 5.10 Å². The Hall–Kier alpha value is -1.06. The summed E-state index contributed by atoms with van der Waals surface area (Å²) < 4.78 is 0. The molecule has 1 saturated carbocycles. The Kier molecular flexibility index (Phi) is 2.90. The molecule has 0 unspecified atom stereocenters. The van der Waals surface area contributed by atoms with Crippen LogP contribution in [0, 0.1) is 5.41 Å². The number of carbonyl (C=O) groups is 1. The van der Waals surface area contributed by atoms with Gasteiger partial charge in [0.05, 0.1) is 0 Å². The molecule has 1 aliphatic rings. The first-order valence-electron chi connectivity index (χ1n) is 4.60. The van der Waals surface area contributed by atoms with Crippen LogP contribution in [0.2, 0.25) is 0 Å². The van der Waals surface area contributed by atoms with Gasteiger partial charge in [0.25, 0.3) is 0 Å². The average molecular weight is 183 g/mol. The number of nitrogens with zero attached hydrogens (tertiary/aromatic N) is 1. The maximum absolute atomic E-state index is 10.4. The second kappa shape index (κ2) is 3.77. The Bertz CT molecular complexity index is 233. The fourth-order valence-electron chi connectivity index (χ4n) is 1.73. The number of nitrogens with one attached hydrogen (secondary N) is 1. The van der Waals surface area contributed by atoms with Crippen molar-refractivity contribution in [2.75, 3.05) is 0 Å². The van der Waals surface area contributed by atoms with E-state index in [4.69, 9.17) is 5.73 Å². The Morgan fingerprint density at radius 1 is 1.62 bits per heavy atom. The van der Waals surface area contributed by atoms with Crippen LogP contribution in [0.4, 0.5) is 4.79 Å². The van der Waals surface area contributed by atoms with Crippen LogP contribution in [0.1, 0.15) is 39.5 Å². The minimum Gasteiger partial charge on any atom is -0.350 e. The number of hydrazone groups is 1. The van der Waals surface area contributed by atoms with Crippen LogP contribution in [0.15, 0.2) is 5.10 Å². The average Bonchev–Trinajstić information content (AvgIpc) is 1.99. The van der Waals surface area contributed by atoms with Gasteiger partial charge in [0, 0.05) is 5.71 Å². The summed E-state index contributed by atoms with van der Waals surface area (Å²) in [5, 5.41) is 3.97. The molecule has 0 aromatic rings. The zero-order valence-corrected chi connectivity index (χ0v) is 8.26. The van der Waals surface area contributed by atoms with Crippen LogP contribution < -0.4 is 11.2 Å². The van der Waals surface area contributed by atoms with Crippen molar-refractivity contribution < 1.29 is 4.79 Å². The fourth-order valence-corrected chi connectivity index (χ4v) is 1.73. The number of carbonyl (C=O) groups excluding carboxylic acids is 1. The maximum atomic E-state index is 10.4. The minimum atomic E-state index is -0.587. The Balaban J connectivity index is 2.51. The van der Waals surface area contributed by atoms with Gasteiger partial charge in [-0.15, -0.1) is 0 Å². The van der Waals surface area contributed by atoms with Crippen LogP contribution in [-0.2, 0) is 0 Å². The van der Waals surface area contributed by atoms with Gasteiger partial charge in [0.2, 0.25) is 0 Å². The number of hydrogen-bond acceptors (Lipinski definition) is 2. The van der Waals surface area contributed by atoms with Crippen LogP contribution >= 0.6 is 0 Å². The van der Waals surface area contributed by atoms with Gasteiger partial charge < -0.3 is 5.73 Å². The molecule has 0 heterocycles. The lowest BCUT2D eigenvalue weighted by atomic mass is 9.77. The molecule has 4 heteroatoms. The molecule has 1 fully saturated rings. The van der Waals surface area contributed by atoms with Crippen molar-refractivity contribution in [1.29, 1.82) is 0 Å². The summed E-state index contributed by atoms with van der Waals surface area (Å²) in [7, 11) is 0. The second-order valence-electron chi connectivity index (χ2n) is 4.35. The molecule has 0 aliphatic heterocycles. The lowest BCUT2D eigenvalue weighted by molar-refractivity contribution is 0.249. The van der Waals surface area contributed by atoms with Crippen molar-refractivity contribution in [3.63, 3.8) is 0 Å². The van der Waals surface area contributed by atoms with Crippen LogP contribution in [0.3, 0.4) is 0 Å². The first kappa shape index (κ1) is 10.0. The van der Waals surface area contributed by atoms with Gasteiger partial charge in [-0.3, -0.25) is 0 Å². The van der Waals surface area contributed by atoms with Crippen LogP contribution in [-0.4, -0.2) is 11.7 Å². The Morgan fingerprint density at radius 3 is 2.85 bits per heavy atom. The van der Waals surface area contributed by atoms with E-state index in [0.717, 1.165) is 25.0 Å². The summed E-state index contributed by atoms with van der Waals surface area (Å²) in [5.41, 5.74) is 8.57. The molecule has 0 atom stereocenters. The van der Waals surface area contributed by atoms with E-state index >= 15 is 0 Å². The van der Waals surface area contributed by atoms with E-state index in [1.165, 1.54) is 6.42 Å². The van der Waals surface area contributed by atoms with Crippen molar-refractivity contribution >= 4 is 11.7 Å². The molecule has 0 aromatic carbocycles. The van der Waals surface area contributed by atoms with Crippen molar-refractivity contribution in [3.05, 3.63) is 0 Å². The van der Waals surface area contributed by atoms with Gasteiger partial charge >= 0.3 is 6.03 Å². The summed E-state index contributed by atoms with van der Waals surface area (Å²) in [6, 6.07) is -0.587. The van der Waals surface area contributed by atoms with Crippen molar-refractivity contribution in [2.45, 2.75) is 39.5 Å². The van der Waals surface area contributed by atoms with Gasteiger partial charge in [-0.05, 0) is 31.1 Å². The molecule has 0 spiro atoms. The third-order valence-corrected chi connectivity index (χ3v) is 2.33. The van der Waals surface area contributed by atoms with Crippen LogP contribution in [0.25, 0.3) is 0 Å². The summed E-state index contributed by atoms with van der Waals surface area (Å²) in [5.74, 6) is 0. The molecular formula is C9H17N3O. The first-order valence-corrected chi connectivity index (χ1v) is 4.60. The van der Waals surface area contributed by atoms with Crippen molar-refractivity contribution in [1.82, 2.24) is 5.43 Å². The zero-order valence-electron chi connectivity index (χ0n) is 8.26. The van der Waals surface area contributed by atoms with E-state index in [0.29, 0.717) is 5.41 Å². The van der Waals surface area contributed by atoms with Crippen molar-refractivity contribution in [2.24, 2.45) is 16.3 Å². The fraction of sp³-hybridized carbons (Fsp3) is 0.778. The summed E-state index contributed by atoms with van der Waals surface area (Å²) in [6.07, 6.45) is 4.30. The molecule has 1 aliphatic carbocycles. The standard InChI is InChI=1S/C9H17N3O/c1-9(2)5-3-4-7(6-9)11-12-8(10)13/h3-6H2,1-2H3,(H3,10,12,13). The zero-order chi connectivity index (χ0) is 9.90. The maximum Gasteiger partial charge on any atom is 0.332 e. The molecule has 4 nitrogen and oxygen atoms in total. The van der Waals surface area contributed by atoms with Gasteiger partial charge in [0.15, 0.2) is 0 Å². The quantitative estimate of drug-likeness (QED) is 0.596. The van der Waals surface area contributed by atoms with E-state index in [9.17, 15) is 4.79 Å². The molecule has 0 bridgehead atoms. The second-order valence-corrected chi connectivity index (χ2v) is 4.35. The molecule has 13 heavy (non-hydrogen) atoms. The highest BCUT2D eigenvalue weighted by Crippen LogP contribution is 2.33. The van der Waals surface area contributed by atoms with Gasteiger partial charge in [-0.1, -0.05) is 13.8 Å². The summed E-state index contributed by atoms with van der Waals surface area (Å²) in [6.45, 7) is 4.43. The lowest BCUT2D eigenvalue weighted by Gasteiger charge is -2.29. The first-order chi connectivity index (χ1) is 5.99. The minimum absolute atomic E-state index is 0.316. The predicted octanol–water partition coefficient (Wildman–Crippen LogP) is 1.61. The molecule has 1 rings (SSSR count). The van der Waals surface area contributed by atoms with Crippen LogP contribution in [0.5, 0.6) is 0 Å². The number of rotatable bonds is 1. The van der Waals surface area contributed by atoms with E-state index < -0.39 is 6.03 Å². The van der Waals surface area contributed by atoms with E-state index in [1.54, 1.807) is 0 Å². The number of nitrogens with two attached hydrogens (primary N) is 1. The Morgan fingerprint density at radius 2 is 2.31 bits per heavy atom. The van der Waals surface area contributed by atoms with Gasteiger partial charge in [-0.25, -0.2) is 10.2 Å². The molecule has 0 saturated heterocycles. The normalized spacial score (nSPS) is 24.3. The number of primary amides is 1. The molecule has 3 N–H and O–H groups in total. The third kappa shape index (κ3) is 3.44. The molecule has 0 radical (unpaired) electrons. The third-order valence-electron chi connectivity index (χ3n) is 2.33. The predicted molar refractivity (Wildman–Crippen MR) is 52.4 cm³/mol. The van der Waals surface area contributed by atoms with Crippen molar-refractivity contribution in [3.8, 4) is 0 Å². The molecule has 2 amide bonds. The van der Waals surface area contributed by atoms with Gasteiger partial charge in [0.1, 0.15) is 0 Å². The lowest BCUT2D eigenvalue weighted by Crippen LogP contribution is -2.29. The largest absolute Gasteiger partial charge is 0.350 e.